The third-order valence-electron chi connectivity index (χ3n) is 2.95. The van der Waals surface area contributed by atoms with Gasteiger partial charge in [0, 0.05) is 16.1 Å². The topological polar surface area (TPSA) is 35.2 Å². The Morgan fingerprint density at radius 1 is 1.47 bits per heavy atom. The van der Waals surface area contributed by atoms with Gasteiger partial charge in [0.15, 0.2) is 0 Å². The number of rotatable bonds is 3. The predicted octanol–water partition coefficient (Wildman–Crippen LogP) is 3.96. The summed E-state index contributed by atoms with van der Waals surface area (Å²) in [6.07, 6.45) is 7.98. The summed E-state index contributed by atoms with van der Waals surface area (Å²) in [5, 5.41) is 0. The summed E-state index contributed by atoms with van der Waals surface area (Å²) in [5.74, 6) is 0.894. The molecule has 0 amide bonds. The molecule has 2 nitrogen and oxygen atoms in total. The molecule has 2 rings (SSSR count). The molecule has 1 aliphatic rings. The van der Waals surface area contributed by atoms with Gasteiger partial charge in [0.25, 0.3) is 0 Å². The van der Waals surface area contributed by atoms with Gasteiger partial charge in [0.05, 0.1) is 0 Å². The van der Waals surface area contributed by atoms with E-state index in [0.717, 1.165) is 22.2 Å². The van der Waals surface area contributed by atoms with Crippen molar-refractivity contribution in [2.24, 2.45) is 5.73 Å². The minimum atomic E-state index is -0.00864. The lowest BCUT2D eigenvalue weighted by Gasteiger charge is -2.21. The van der Waals surface area contributed by atoms with Crippen molar-refractivity contribution in [3.8, 4) is 5.75 Å². The summed E-state index contributed by atoms with van der Waals surface area (Å²) in [6.45, 7) is 1.98. The van der Waals surface area contributed by atoms with E-state index in [1.54, 1.807) is 0 Å². The van der Waals surface area contributed by atoms with Crippen LogP contribution in [0.3, 0.4) is 0 Å². The van der Waals surface area contributed by atoms with Crippen molar-refractivity contribution < 1.29 is 4.74 Å². The second kappa shape index (κ2) is 5.69. The van der Waals surface area contributed by atoms with Gasteiger partial charge in [0.2, 0.25) is 0 Å². The molecule has 17 heavy (non-hydrogen) atoms. The molecular weight excluding hydrogens is 278 g/mol. The number of ether oxygens (including phenoxy) is 1. The summed E-state index contributed by atoms with van der Waals surface area (Å²) in [6, 6.07) is 6.02. The first-order valence-electron chi connectivity index (χ1n) is 6.05. The monoisotopic (exact) mass is 295 g/mol. The van der Waals surface area contributed by atoms with E-state index in [4.69, 9.17) is 10.5 Å². The van der Waals surface area contributed by atoms with E-state index in [0.29, 0.717) is 0 Å². The molecule has 0 aliphatic heterocycles. The second-order valence-corrected chi connectivity index (χ2v) is 5.40. The average molecular weight is 296 g/mol. The number of nitrogens with two attached hydrogens (primary N) is 1. The van der Waals surface area contributed by atoms with Gasteiger partial charge < -0.3 is 10.5 Å². The molecular formula is C14H18BrNO. The molecule has 0 spiro atoms. The highest BCUT2D eigenvalue weighted by atomic mass is 79.9. The number of benzene rings is 1. The molecule has 0 fully saturated rings. The SMILES string of the molecule is C[C@H](N)c1ccc(Br)cc1OC1C=CCCC1. The summed E-state index contributed by atoms with van der Waals surface area (Å²) < 4.78 is 7.06. The molecule has 2 atom stereocenters. The van der Waals surface area contributed by atoms with Crippen molar-refractivity contribution in [1.29, 1.82) is 0 Å². The largest absolute Gasteiger partial charge is 0.486 e. The van der Waals surface area contributed by atoms with Gasteiger partial charge in [-0.3, -0.25) is 0 Å². The zero-order valence-corrected chi connectivity index (χ0v) is 11.6. The molecule has 92 valence electrons. The van der Waals surface area contributed by atoms with Crippen LogP contribution in [0.15, 0.2) is 34.8 Å². The van der Waals surface area contributed by atoms with E-state index in [-0.39, 0.29) is 12.1 Å². The zero-order valence-electron chi connectivity index (χ0n) is 10.0. The van der Waals surface area contributed by atoms with Crippen molar-refractivity contribution in [3.05, 3.63) is 40.4 Å². The fraction of sp³-hybridized carbons (Fsp3) is 0.429. The van der Waals surface area contributed by atoms with Crippen LogP contribution in [-0.4, -0.2) is 6.10 Å². The van der Waals surface area contributed by atoms with Gasteiger partial charge in [-0.05, 0) is 44.4 Å². The minimum absolute atomic E-state index is 0.00864. The zero-order chi connectivity index (χ0) is 12.3. The van der Waals surface area contributed by atoms with E-state index in [1.165, 1.54) is 12.8 Å². The Hall–Kier alpha value is -0.800. The molecule has 1 unspecified atom stereocenters. The van der Waals surface area contributed by atoms with Crippen LogP contribution in [-0.2, 0) is 0 Å². The molecule has 1 aromatic carbocycles. The van der Waals surface area contributed by atoms with Crippen LogP contribution in [0.1, 0.15) is 37.8 Å². The van der Waals surface area contributed by atoms with Gasteiger partial charge >= 0.3 is 0 Å². The Morgan fingerprint density at radius 3 is 2.94 bits per heavy atom. The maximum absolute atomic E-state index is 6.03. The smallest absolute Gasteiger partial charge is 0.126 e. The van der Waals surface area contributed by atoms with Crippen molar-refractivity contribution >= 4 is 15.9 Å². The molecule has 2 N–H and O–H groups in total. The highest BCUT2D eigenvalue weighted by Crippen LogP contribution is 2.29. The molecule has 3 heteroatoms. The Morgan fingerprint density at radius 2 is 2.29 bits per heavy atom. The lowest BCUT2D eigenvalue weighted by atomic mass is 10.0. The first-order chi connectivity index (χ1) is 8.16. The highest BCUT2D eigenvalue weighted by Gasteiger charge is 2.14. The average Bonchev–Trinajstić information content (AvgIpc) is 2.30. The second-order valence-electron chi connectivity index (χ2n) is 4.49. The van der Waals surface area contributed by atoms with Crippen molar-refractivity contribution in [3.63, 3.8) is 0 Å². The Kier molecular flexibility index (Phi) is 4.24. The fourth-order valence-electron chi connectivity index (χ4n) is 2.03. The van der Waals surface area contributed by atoms with E-state index in [2.05, 4.69) is 28.1 Å². The first-order valence-corrected chi connectivity index (χ1v) is 6.84. The van der Waals surface area contributed by atoms with Crippen LogP contribution < -0.4 is 10.5 Å². The maximum atomic E-state index is 6.03. The lowest BCUT2D eigenvalue weighted by Crippen LogP contribution is -2.18. The van der Waals surface area contributed by atoms with Crippen LogP contribution in [0.25, 0.3) is 0 Å². The van der Waals surface area contributed by atoms with Crippen LogP contribution in [0.4, 0.5) is 0 Å². The fourth-order valence-corrected chi connectivity index (χ4v) is 2.37. The Labute approximate surface area is 111 Å². The van der Waals surface area contributed by atoms with Crippen LogP contribution in [0.2, 0.25) is 0 Å². The third-order valence-corrected chi connectivity index (χ3v) is 3.45. The van der Waals surface area contributed by atoms with Crippen LogP contribution in [0.5, 0.6) is 5.75 Å². The third kappa shape index (κ3) is 3.33. The van der Waals surface area contributed by atoms with Crippen LogP contribution in [0, 0.1) is 0 Å². The molecule has 0 saturated heterocycles. The Balaban J connectivity index is 2.20. The first kappa shape index (κ1) is 12.7. The maximum Gasteiger partial charge on any atom is 0.126 e. The molecule has 0 heterocycles. The highest BCUT2D eigenvalue weighted by molar-refractivity contribution is 9.10. The van der Waals surface area contributed by atoms with E-state index in [1.807, 2.05) is 25.1 Å². The number of hydrogen-bond donors (Lipinski definition) is 1. The summed E-state index contributed by atoms with van der Waals surface area (Å²) in [7, 11) is 0. The van der Waals surface area contributed by atoms with Crippen LogP contribution >= 0.6 is 15.9 Å². The number of halogens is 1. The van der Waals surface area contributed by atoms with Gasteiger partial charge in [0.1, 0.15) is 11.9 Å². The lowest BCUT2D eigenvalue weighted by molar-refractivity contribution is 0.227. The minimum Gasteiger partial charge on any atom is -0.486 e. The van der Waals surface area contributed by atoms with Gasteiger partial charge in [-0.25, -0.2) is 0 Å². The molecule has 1 aliphatic carbocycles. The molecule has 0 radical (unpaired) electrons. The predicted molar refractivity (Wildman–Crippen MR) is 74.2 cm³/mol. The standard InChI is InChI=1S/C14H18BrNO/c1-10(16)13-8-7-11(15)9-14(13)17-12-5-3-2-4-6-12/h3,5,7-10,12H,2,4,6,16H2,1H3/t10-,12?/m0/s1. The quantitative estimate of drug-likeness (QED) is 0.857. The van der Waals surface area contributed by atoms with Gasteiger partial charge in [-0.1, -0.05) is 28.1 Å². The molecule has 0 saturated carbocycles. The van der Waals surface area contributed by atoms with Gasteiger partial charge in [-0.15, -0.1) is 0 Å². The van der Waals surface area contributed by atoms with Gasteiger partial charge in [-0.2, -0.15) is 0 Å². The van der Waals surface area contributed by atoms with Crippen molar-refractivity contribution in [2.75, 3.05) is 0 Å². The van der Waals surface area contributed by atoms with E-state index >= 15 is 0 Å². The Bertz CT molecular complexity index is 415. The molecule has 1 aromatic rings. The number of allylic oxidation sites excluding steroid dienone is 1. The van der Waals surface area contributed by atoms with Crippen molar-refractivity contribution in [2.45, 2.75) is 38.3 Å². The van der Waals surface area contributed by atoms with Crippen molar-refractivity contribution in [1.82, 2.24) is 0 Å². The summed E-state index contributed by atoms with van der Waals surface area (Å²) in [4.78, 5) is 0. The normalized spacial score (nSPS) is 21.2. The summed E-state index contributed by atoms with van der Waals surface area (Å²) in [5.41, 5.74) is 7.02. The van der Waals surface area contributed by atoms with E-state index < -0.39 is 0 Å². The molecule has 0 aromatic heterocycles. The summed E-state index contributed by atoms with van der Waals surface area (Å²) >= 11 is 3.47. The molecule has 0 bridgehead atoms. The number of hydrogen-bond acceptors (Lipinski definition) is 2. The van der Waals surface area contributed by atoms with E-state index in [9.17, 15) is 0 Å².